The maximum Gasteiger partial charge on any atom is 0.338 e. The van der Waals surface area contributed by atoms with Gasteiger partial charge in [-0.3, -0.25) is 43.2 Å². The van der Waals surface area contributed by atoms with Crippen LogP contribution in [0.25, 0.3) is 0 Å². The third kappa shape index (κ3) is 29.0. The Kier molecular flexibility index (Phi) is 45.3. The molecule has 4 saturated heterocycles. The van der Waals surface area contributed by atoms with E-state index in [4.69, 9.17) is 38.3 Å². The van der Waals surface area contributed by atoms with Crippen molar-refractivity contribution in [3.05, 3.63) is 212 Å². The number of aromatic carboxylic acids is 3. The summed E-state index contributed by atoms with van der Waals surface area (Å²) < 4.78 is 87.5. The van der Waals surface area contributed by atoms with Gasteiger partial charge in [-0.15, -0.1) is 49.6 Å². The van der Waals surface area contributed by atoms with Gasteiger partial charge in [0.1, 0.15) is 34.9 Å². The predicted molar refractivity (Wildman–Crippen MR) is 545 cm³/mol. The second-order valence-electron chi connectivity index (χ2n) is 41.1. The van der Waals surface area contributed by atoms with E-state index in [1.165, 1.54) is 44.2 Å². The van der Waals surface area contributed by atoms with Gasteiger partial charge in [-0.2, -0.15) is 0 Å². The molecule has 144 heavy (non-hydrogen) atoms. The Balaban J connectivity index is 0.000000212. The number of amides is 5. The summed E-state index contributed by atoms with van der Waals surface area (Å²) in [6.07, 6.45) is 26.7. The van der Waals surface area contributed by atoms with Crippen molar-refractivity contribution < 1.29 is 99.2 Å². The first-order valence-electron chi connectivity index (χ1n) is 51.0. The summed E-state index contributed by atoms with van der Waals surface area (Å²) in [5.74, 6) is -8.88. The Morgan fingerprint density at radius 3 is 0.951 bits per heavy atom. The van der Waals surface area contributed by atoms with Crippen molar-refractivity contribution >= 4 is 120 Å². The number of carbonyl (C=O) groups excluding carboxylic acids is 9. The number of nitrogens with two attached hydrogens (primary N) is 4. The van der Waals surface area contributed by atoms with E-state index in [2.05, 4.69) is 5.32 Å². The highest BCUT2D eigenvalue weighted by Gasteiger charge is 2.51. The molecule has 6 aromatic carbocycles. The number of ketones is 4. The molecule has 4 heterocycles. The Morgan fingerprint density at radius 1 is 0.340 bits per heavy atom. The number of nitrogens with one attached hydrogen (secondary N) is 1. The highest BCUT2D eigenvalue weighted by atomic mass is 35.5. The minimum atomic E-state index is -1.58. The SMILES string of the molecule is CC(N)C1CCC(C(=O)N2CC[C@H](C3CCCCC3)[C@H]2C(=O)Cc2ccc(C(=O)O)cc2F)CC1.CNC(=O)c1cc(F)c(CC(=O)[C@@H]2[C@@H](c3ccccc3)CCN2C(=O)C2CCC(CN)CC2)cc1F.Cl.Cl.Cl.Cl.NCC1CCC(C(=O)N2CC[C@@H](C3CCCCC3)[C@H]2C(=O)Cc2ccc(C(=O)O)cc2F)CC1.NCC1CCC(C(=O)N2CC[C@H](c3ccccc3)[C@H]2C(=O)Cc2cc(F)c(C(=O)O)cc2F)CC1. The summed E-state index contributed by atoms with van der Waals surface area (Å²) in [6.45, 7) is 5.93. The van der Waals surface area contributed by atoms with Gasteiger partial charge in [-0.25, -0.2) is 40.7 Å². The predicted octanol–water partition coefficient (Wildman–Crippen LogP) is 18.0. The van der Waals surface area contributed by atoms with Crippen LogP contribution in [0.15, 0.2) is 121 Å². The highest BCUT2D eigenvalue weighted by Crippen LogP contribution is 2.47. The molecule has 6 aromatic rings. The van der Waals surface area contributed by atoms with Crippen molar-refractivity contribution in [2.24, 2.45) is 93.9 Å². The Morgan fingerprint density at radius 2 is 0.639 bits per heavy atom. The number of carbonyl (C=O) groups is 12. The first kappa shape index (κ1) is 118. The summed E-state index contributed by atoms with van der Waals surface area (Å²) >= 11 is 0. The minimum Gasteiger partial charge on any atom is -0.478 e. The normalized spacial score (nSPS) is 25.5. The van der Waals surface area contributed by atoms with Crippen molar-refractivity contribution in [2.75, 3.05) is 52.9 Å². The molecule has 16 rings (SSSR count). The lowest BCUT2D eigenvalue weighted by molar-refractivity contribution is -0.143. The van der Waals surface area contributed by atoms with Crippen LogP contribution in [0.4, 0.5) is 26.3 Å². The quantitative estimate of drug-likeness (QED) is 0.0211. The van der Waals surface area contributed by atoms with E-state index >= 15 is 0 Å². The molecule has 1 unspecified atom stereocenters. The van der Waals surface area contributed by atoms with E-state index < -0.39 is 100 Å². The fraction of sp³-hybridized carbons (Fsp3) is 0.564. The number of hydrogen-bond donors (Lipinski definition) is 8. The second-order valence-corrected chi connectivity index (χ2v) is 41.1. The number of benzene rings is 6. The fourth-order valence-corrected chi connectivity index (χ4v) is 24.5. The zero-order valence-electron chi connectivity index (χ0n) is 82.2. The molecule has 10 aliphatic rings. The molecule has 6 saturated carbocycles. The smallest absolute Gasteiger partial charge is 0.338 e. The molecule has 9 atom stereocenters. The van der Waals surface area contributed by atoms with Crippen molar-refractivity contribution in [3.63, 3.8) is 0 Å². The number of hydrogen-bond acceptors (Lipinski definition) is 16. The molecule has 0 radical (unpaired) electrons. The Labute approximate surface area is 865 Å². The van der Waals surface area contributed by atoms with Crippen LogP contribution in [0.2, 0.25) is 0 Å². The lowest BCUT2D eigenvalue weighted by atomic mass is 9.75. The van der Waals surface area contributed by atoms with Crippen LogP contribution in [0, 0.1) is 106 Å². The van der Waals surface area contributed by atoms with Crippen molar-refractivity contribution in [2.45, 2.75) is 267 Å². The zero-order chi connectivity index (χ0) is 100. The number of carboxylic acids is 3. The largest absolute Gasteiger partial charge is 0.478 e. The summed E-state index contributed by atoms with van der Waals surface area (Å²) in [5.41, 5.74) is 23.9. The monoisotopic (exact) mass is 2080 g/mol. The Hall–Kier alpha value is -9.66. The van der Waals surface area contributed by atoms with Crippen LogP contribution < -0.4 is 28.3 Å². The number of Topliss-reactive ketones (excluding diaryl/α,β-unsaturated/α-hetero) is 4. The summed E-state index contributed by atoms with van der Waals surface area (Å²) in [5, 5.41) is 29.5. The number of halogens is 10. The number of likely N-dealkylation sites (tertiary alicyclic amines) is 4. The number of rotatable bonds is 28. The van der Waals surface area contributed by atoms with E-state index in [9.17, 15) is 83.9 Å². The summed E-state index contributed by atoms with van der Waals surface area (Å²) in [4.78, 5) is 161. The van der Waals surface area contributed by atoms with Crippen LogP contribution in [0.1, 0.15) is 286 Å². The molecule has 34 heteroatoms. The van der Waals surface area contributed by atoms with Crippen LogP contribution >= 0.6 is 49.6 Å². The van der Waals surface area contributed by atoms with Gasteiger partial charge in [-0.1, -0.05) is 137 Å². The van der Waals surface area contributed by atoms with Gasteiger partial charge >= 0.3 is 17.9 Å². The van der Waals surface area contributed by atoms with Gasteiger partial charge in [0.2, 0.25) is 23.6 Å². The van der Waals surface area contributed by atoms with Gasteiger partial charge < -0.3 is 63.2 Å². The fourth-order valence-electron chi connectivity index (χ4n) is 24.5. The van der Waals surface area contributed by atoms with Gasteiger partial charge in [0, 0.05) is 100 Å². The minimum absolute atomic E-state index is 0. The van der Waals surface area contributed by atoms with Crippen molar-refractivity contribution in [1.29, 1.82) is 0 Å². The molecule has 12 N–H and O–H groups in total. The second kappa shape index (κ2) is 55.4. The van der Waals surface area contributed by atoms with E-state index in [0.717, 1.165) is 208 Å². The molecular weight excluding hydrogens is 1940 g/mol. The number of nitrogens with zero attached hydrogens (tertiary/aromatic N) is 4. The van der Waals surface area contributed by atoms with Gasteiger partial charge in [0.15, 0.2) is 23.1 Å². The Bertz CT molecular complexity index is 5380. The maximum absolute atomic E-state index is 14.8. The third-order valence-electron chi connectivity index (χ3n) is 32.6. The van der Waals surface area contributed by atoms with Crippen molar-refractivity contribution in [3.8, 4) is 0 Å². The molecule has 5 amide bonds. The molecule has 788 valence electrons. The third-order valence-corrected chi connectivity index (χ3v) is 32.6. The average Bonchev–Trinajstić information content (AvgIpc) is 1.65. The summed E-state index contributed by atoms with van der Waals surface area (Å²) in [7, 11) is 1.33. The molecule has 6 aliphatic carbocycles. The topological polar surface area (TPSA) is 395 Å². The standard InChI is InChI=1S/C28H33F2N3O3.C28H39FN2O4.C27H30F2N2O4.C27H37FN2O4.4ClH/c1-32-27(35)22-15-23(29)20(13-24(22)30)14-25(34)26-21(18-5-3-2-4-6-18)11-12-33(26)28(36)19-9-7-17(16-31)8-10-19;1-17(30)18-7-9-20(10-8-18)27(33)31-14-13-23(19-5-3-2-4-6-19)26(31)25(32)16-21-11-12-22(28(34)35)15-24(21)29;28-22-14-21(27(34)35)23(29)12-19(22)13-24(32)25-20(17-4-2-1-3-5-17)10-11-31(25)26(33)18-8-6-16(15-30)7-9-18;28-23-14-21(27(33)34)11-10-20(23)15-24(31)25-22(18-4-2-1-3-5-18)12-13-30(25)26(32)19-8-6-17(16-29)7-9-19;;;;/h2-6,13,15,17,19,21,26H,7-12,14,16,31H2,1H3,(H,32,35);11-12,15,17-20,23,26H,2-10,13-14,16,30H2,1H3,(H,34,35);1-5,12,14,16,18,20,25H,6-11,13,15,30H2,(H,34,35);10-11,14,17-19,22,25H,1-9,12-13,15-16,29H2,(H,33,34);4*1H/t17?,19?,21-,26+;17?,18?,20?,23-,26+;16?,18?,20-,25+;17?,19?,22-,25-;;;;/m1110..../s1. The van der Waals surface area contributed by atoms with E-state index in [1.54, 1.807) is 9.80 Å². The van der Waals surface area contributed by atoms with E-state index in [0.29, 0.717) is 100 Å². The molecular formula is C110H143Cl4F6N9O15. The van der Waals surface area contributed by atoms with Gasteiger partial charge in [0.05, 0.1) is 46.4 Å². The molecule has 4 aliphatic heterocycles. The zero-order valence-corrected chi connectivity index (χ0v) is 85.5. The van der Waals surface area contributed by atoms with Crippen LogP contribution in [-0.2, 0) is 64.0 Å². The van der Waals surface area contributed by atoms with Crippen molar-refractivity contribution in [1.82, 2.24) is 24.9 Å². The molecule has 10 fully saturated rings. The van der Waals surface area contributed by atoms with Gasteiger partial charge in [0.25, 0.3) is 5.91 Å². The lowest BCUT2D eigenvalue weighted by Crippen LogP contribution is -2.48. The molecule has 0 spiro atoms. The van der Waals surface area contributed by atoms with E-state index in [1.807, 2.05) is 77.4 Å². The molecule has 0 aromatic heterocycles. The van der Waals surface area contributed by atoms with Crippen LogP contribution in [0.5, 0.6) is 0 Å². The number of carboxylic acid groups (broad SMARTS) is 3. The molecule has 24 nitrogen and oxygen atoms in total. The lowest BCUT2D eigenvalue weighted by Gasteiger charge is -2.36. The van der Waals surface area contributed by atoms with Crippen LogP contribution in [0.3, 0.4) is 0 Å². The van der Waals surface area contributed by atoms with Crippen LogP contribution in [-0.4, -0.2) is 189 Å². The molecule has 0 bridgehead atoms. The van der Waals surface area contributed by atoms with E-state index in [-0.39, 0.29) is 202 Å². The summed E-state index contributed by atoms with van der Waals surface area (Å²) in [6, 6.07) is 27.0. The van der Waals surface area contributed by atoms with Gasteiger partial charge in [-0.05, 0) is 284 Å². The maximum atomic E-state index is 14.8. The first-order valence-corrected chi connectivity index (χ1v) is 51.0. The first-order chi connectivity index (χ1) is 67.3. The highest BCUT2D eigenvalue weighted by molar-refractivity contribution is 5.98. The average molecular weight is 2090 g/mol.